The van der Waals surface area contributed by atoms with Crippen LogP contribution in [0.2, 0.25) is 0 Å². The Bertz CT molecular complexity index is 938. The average Bonchev–Trinajstić information content (AvgIpc) is 3.14. The van der Waals surface area contributed by atoms with Gasteiger partial charge < -0.3 is 9.64 Å². The van der Waals surface area contributed by atoms with E-state index in [9.17, 15) is 14.4 Å². The van der Waals surface area contributed by atoms with Crippen LogP contribution in [0, 0.1) is 0 Å². The summed E-state index contributed by atoms with van der Waals surface area (Å²) in [5, 5.41) is 4.51. The maximum atomic E-state index is 12.5. The van der Waals surface area contributed by atoms with Gasteiger partial charge >= 0.3 is 6.09 Å². The Morgan fingerprint density at radius 1 is 1.11 bits per heavy atom. The lowest BCUT2D eigenvalue weighted by molar-refractivity contribution is 0.0194. The molecule has 3 heterocycles. The van der Waals surface area contributed by atoms with Crippen molar-refractivity contribution < 1.29 is 19.1 Å². The molecule has 0 fully saturated rings. The summed E-state index contributed by atoms with van der Waals surface area (Å²) >= 11 is 0. The number of carbonyl (C=O) groups is 3. The highest BCUT2D eigenvalue weighted by Crippen LogP contribution is 2.25. The van der Waals surface area contributed by atoms with Crippen molar-refractivity contribution in [3.05, 3.63) is 52.8 Å². The van der Waals surface area contributed by atoms with Crippen LogP contribution in [0.1, 0.15) is 52.9 Å². The van der Waals surface area contributed by atoms with Gasteiger partial charge in [0.2, 0.25) is 0 Å². The first kappa shape index (κ1) is 18.2. The molecule has 0 N–H and O–H groups in total. The highest BCUT2D eigenvalue weighted by Gasteiger charge is 2.36. The Morgan fingerprint density at radius 2 is 1.75 bits per heavy atom. The van der Waals surface area contributed by atoms with E-state index >= 15 is 0 Å². The van der Waals surface area contributed by atoms with E-state index in [0.717, 1.165) is 5.69 Å². The molecule has 28 heavy (non-hydrogen) atoms. The zero-order chi connectivity index (χ0) is 20.1. The van der Waals surface area contributed by atoms with Crippen LogP contribution in [0.3, 0.4) is 0 Å². The molecule has 0 atom stereocenters. The van der Waals surface area contributed by atoms with Crippen LogP contribution in [0.5, 0.6) is 0 Å². The smallest absolute Gasteiger partial charge is 0.410 e. The molecule has 0 unspecified atom stereocenters. The first-order valence-electron chi connectivity index (χ1n) is 9.22. The molecule has 2 aliphatic rings. The zero-order valence-electron chi connectivity index (χ0n) is 16.1. The highest BCUT2D eigenvalue weighted by atomic mass is 16.6. The van der Waals surface area contributed by atoms with Gasteiger partial charge in [-0.15, -0.1) is 0 Å². The molecule has 0 radical (unpaired) electrons. The molecule has 3 amide bonds. The summed E-state index contributed by atoms with van der Waals surface area (Å²) in [5.74, 6) is -0.607. The predicted molar refractivity (Wildman–Crippen MR) is 99.5 cm³/mol. The quantitative estimate of drug-likeness (QED) is 0.745. The van der Waals surface area contributed by atoms with Gasteiger partial charge in [-0.05, 0) is 39.0 Å². The van der Waals surface area contributed by atoms with Gasteiger partial charge in [0.25, 0.3) is 11.8 Å². The van der Waals surface area contributed by atoms with Gasteiger partial charge in [0, 0.05) is 6.54 Å². The summed E-state index contributed by atoms with van der Waals surface area (Å²) in [5.41, 5.74) is 1.77. The predicted octanol–water partition coefficient (Wildman–Crippen LogP) is 2.43. The lowest BCUT2D eigenvalue weighted by Crippen LogP contribution is -2.41. The van der Waals surface area contributed by atoms with Gasteiger partial charge in [0.15, 0.2) is 0 Å². The summed E-state index contributed by atoms with van der Waals surface area (Å²) in [6.45, 7) is 7.02. The number of hydrogen-bond donors (Lipinski definition) is 0. The molecule has 0 spiro atoms. The van der Waals surface area contributed by atoms with E-state index in [1.54, 1.807) is 29.2 Å². The molecule has 146 valence electrons. The topological polar surface area (TPSA) is 84.7 Å². The summed E-state index contributed by atoms with van der Waals surface area (Å²) in [4.78, 5) is 40.2. The lowest BCUT2D eigenvalue weighted by Gasteiger charge is -2.30. The van der Waals surface area contributed by atoms with Crippen LogP contribution >= 0.6 is 0 Å². The standard InChI is InChI=1S/C20H22N4O4/c1-20(2,3)28-19(27)22-8-9-24-14(12-22)10-13(21-24)11-23-17(25)15-6-4-5-7-16(15)18(23)26/h4-7,10H,8-9,11-12H2,1-3H3. The first-order valence-corrected chi connectivity index (χ1v) is 9.22. The highest BCUT2D eigenvalue weighted by molar-refractivity contribution is 6.21. The summed E-state index contributed by atoms with van der Waals surface area (Å²) in [6.07, 6.45) is -0.359. The Labute approximate surface area is 162 Å². The first-order chi connectivity index (χ1) is 13.2. The largest absolute Gasteiger partial charge is 0.444 e. The fourth-order valence-corrected chi connectivity index (χ4v) is 3.43. The summed E-state index contributed by atoms with van der Waals surface area (Å²) in [6, 6.07) is 8.64. The minimum absolute atomic E-state index is 0.110. The number of aromatic nitrogens is 2. The van der Waals surface area contributed by atoms with E-state index < -0.39 is 5.60 Å². The SMILES string of the molecule is CC(C)(C)OC(=O)N1CCn2nc(CN3C(=O)c4ccccc4C3=O)cc2C1. The lowest BCUT2D eigenvalue weighted by atomic mass is 10.1. The molecule has 2 aromatic rings. The fraction of sp³-hybridized carbons (Fsp3) is 0.400. The van der Waals surface area contributed by atoms with Crippen LogP contribution in [-0.2, 0) is 24.4 Å². The number of imide groups is 1. The Kier molecular flexibility index (Phi) is 4.21. The zero-order valence-corrected chi connectivity index (χ0v) is 16.1. The van der Waals surface area contributed by atoms with Crippen molar-refractivity contribution in [2.75, 3.05) is 6.54 Å². The van der Waals surface area contributed by atoms with Crippen molar-refractivity contribution in [3.8, 4) is 0 Å². The maximum absolute atomic E-state index is 12.5. The number of hydrogen-bond acceptors (Lipinski definition) is 5. The van der Waals surface area contributed by atoms with Crippen LogP contribution in [0.15, 0.2) is 30.3 Å². The molecule has 1 aromatic carbocycles. The molecular weight excluding hydrogens is 360 g/mol. The molecule has 0 bridgehead atoms. The van der Waals surface area contributed by atoms with Crippen molar-refractivity contribution in [1.29, 1.82) is 0 Å². The van der Waals surface area contributed by atoms with Gasteiger partial charge in [-0.2, -0.15) is 5.10 Å². The van der Waals surface area contributed by atoms with E-state index in [2.05, 4.69) is 5.10 Å². The third-order valence-electron chi connectivity index (χ3n) is 4.70. The fourth-order valence-electron chi connectivity index (χ4n) is 3.43. The van der Waals surface area contributed by atoms with Crippen molar-refractivity contribution in [2.45, 2.75) is 46.0 Å². The number of amides is 3. The minimum atomic E-state index is -0.550. The second-order valence-corrected chi connectivity index (χ2v) is 7.99. The number of fused-ring (bicyclic) bond motifs is 2. The minimum Gasteiger partial charge on any atom is -0.444 e. The van der Waals surface area contributed by atoms with Gasteiger partial charge in [-0.1, -0.05) is 12.1 Å². The van der Waals surface area contributed by atoms with Crippen molar-refractivity contribution in [3.63, 3.8) is 0 Å². The van der Waals surface area contributed by atoms with Crippen LogP contribution in [0.25, 0.3) is 0 Å². The number of benzene rings is 1. The Morgan fingerprint density at radius 3 is 2.36 bits per heavy atom. The molecule has 8 nitrogen and oxygen atoms in total. The Balaban J connectivity index is 1.48. The van der Waals surface area contributed by atoms with E-state index in [4.69, 9.17) is 4.74 Å². The number of nitrogens with zero attached hydrogens (tertiary/aromatic N) is 4. The second-order valence-electron chi connectivity index (χ2n) is 7.99. The van der Waals surface area contributed by atoms with E-state index in [1.807, 2.05) is 31.5 Å². The molecule has 0 saturated carbocycles. The third-order valence-corrected chi connectivity index (χ3v) is 4.70. The molecular formula is C20H22N4O4. The molecule has 8 heteroatoms. The van der Waals surface area contributed by atoms with Crippen molar-refractivity contribution >= 4 is 17.9 Å². The molecule has 4 rings (SSSR count). The van der Waals surface area contributed by atoms with Gasteiger partial charge in [-0.3, -0.25) is 19.2 Å². The van der Waals surface area contributed by atoms with E-state index in [0.29, 0.717) is 36.5 Å². The molecule has 2 aliphatic heterocycles. The number of ether oxygens (including phenoxy) is 1. The average molecular weight is 382 g/mol. The van der Waals surface area contributed by atoms with Gasteiger partial charge in [0.05, 0.1) is 42.1 Å². The van der Waals surface area contributed by atoms with Crippen molar-refractivity contribution in [2.24, 2.45) is 0 Å². The second kappa shape index (κ2) is 6.47. The van der Waals surface area contributed by atoms with Crippen LogP contribution in [-0.4, -0.2) is 49.6 Å². The maximum Gasteiger partial charge on any atom is 0.410 e. The monoisotopic (exact) mass is 382 g/mol. The van der Waals surface area contributed by atoms with E-state index in [1.165, 1.54) is 4.90 Å². The third kappa shape index (κ3) is 3.26. The van der Waals surface area contributed by atoms with E-state index in [-0.39, 0.29) is 24.5 Å². The number of rotatable bonds is 2. The molecule has 1 aromatic heterocycles. The van der Waals surface area contributed by atoms with Crippen LogP contribution in [0.4, 0.5) is 4.79 Å². The van der Waals surface area contributed by atoms with Crippen molar-refractivity contribution in [1.82, 2.24) is 19.6 Å². The summed E-state index contributed by atoms with van der Waals surface area (Å²) in [7, 11) is 0. The summed E-state index contributed by atoms with van der Waals surface area (Å²) < 4.78 is 7.24. The van der Waals surface area contributed by atoms with Crippen LogP contribution < -0.4 is 0 Å². The van der Waals surface area contributed by atoms with Gasteiger partial charge in [0.1, 0.15) is 5.60 Å². The number of carbonyl (C=O) groups excluding carboxylic acids is 3. The molecule has 0 saturated heterocycles. The normalized spacial score (nSPS) is 16.2. The van der Waals surface area contributed by atoms with Gasteiger partial charge in [-0.25, -0.2) is 4.79 Å². The molecule has 0 aliphatic carbocycles. The Hall–Kier alpha value is -3.16.